The fraction of sp³-hybridized carbons (Fsp3) is 0.533. The van der Waals surface area contributed by atoms with E-state index < -0.39 is 0 Å². The number of nitriles is 1. The molecule has 3 rings (SSSR count). The molecule has 1 aromatic carbocycles. The van der Waals surface area contributed by atoms with Gasteiger partial charge in [0.15, 0.2) is 0 Å². The van der Waals surface area contributed by atoms with Crippen LogP contribution in [0.1, 0.15) is 24.0 Å². The second-order valence-electron chi connectivity index (χ2n) is 5.38. The number of benzene rings is 1. The van der Waals surface area contributed by atoms with Gasteiger partial charge in [0.25, 0.3) is 0 Å². The number of hydrogen-bond acceptors (Lipinski definition) is 3. The van der Waals surface area contributed by atoms with Gasteiger partial charge in [-0.2, -0.15) is 5.26 Å². The maximum absolute atomic E-state index is 8.92. The van der Waals surface area contributed by atoms with Gasteiger partial charge in [0.2, 0.25) is 0 Å². The summed E-state index contributed by atoms with van der Waals surface area (Å²) in [5, 5.41) is 8.92. The standard InChI is InChI=1S/C15H19N3/c16-10-13-3-1-4-14(9-13)11-17-7-8-18-6-2-5-15(18)12-17/h1,3-4,9,15H,2,5-8,11-12H2. The molecule has 2 aliphatic rings. The van der Waals surface area contributed by atoms with Gasteiger partial charge in [-0.1, -0.05) is 12.1 Å². The summed E-state index contributed by atoms with van der Waals surface area (Å²) in [4.78, 5) is 5.16. The molecular weight excluding hydrogens is 222 g/mol. The van der Waals surface area contributed by atoms with E-state index in [-0.39, 0.29) is 0 Å². The smallest absolute Gasteiger partial charge is 0.0991 e. The molecule has 0 spiro atoms. The maximum Gasteiger partial charge on any atom is 0.0991 e. The van der Waals surface area contributed by atoms with E-state index in [0.717, 1.165) is 24.7 Å². The Hall–Kier alpha value is -1.37. The molecule has 3 nitrogen and oxygen atoms in total. The van der Waals surface area contributed by atoms with Crippen molar-refractivity contribution in [1.82, 2.24) is 9.80 Å². The molecule has 94 valence electrons. The van der Waals surface area contributed by atoms with Crippen molar-refractivity contribution in [3.05, 3.63) is 35.4 Å². The number of hydrogen-bond donors (Lipinski definition) is 0. The van der Waals surface area contributed by atoms with E-state index in [4.69, 9.17) is 5.26 Å². The van der Waals surface area contributed by atoms with Gasteiger partial charge in [0.05, 0.1) is 11.6 Å². The van der Waals surface area contributed by atoms with Gasteiger partial charge < -0.3 is 0 Å². The molecular formula is C15H19N3. The zero-order valence-electron chi connectivity index (χ0n) is 10.7. The summed E-state index contributed by atoms with van der Waals surface area (Å²) in [6, 6.07) is 11.0. The summed E-state index contributed by atoms with van der Waals surface area (Å²) in [5.41, 5.74) is 2.03. The summed E-state index contributed by atoms with van der Waals surface area (Å²) >= 11 is 0. The molecule has 0 N–H and O–H groups in total. The summed E-state index contributed by atoms with van der Waals surface area (Å²) in [7, 11) is 0. The van der Waals surface area contributed by atoms with Gasteiger partial charge in [0, 0.05) is 32.2 Å². The maximum atomic E-state index is 8.92. The fourth-order valence-electron chi connectivity index (χ4n) is 3.20. The highest BCUT2D eigenvalue weighted by molar-refractivity contribution is 5.32. The molecule has 18 heavy (non-hydrogen) atoms. The summed E-state index contributed by atoms with van der Waals surface area (Å²) < 4.78 is 0. The molecule has 1 atom stereocenters. The summed E-state index contributed by atoms with van der Waals surface area (Å²) in [6.07, 6.45) is 2.72. The van der Waals surface area contributed by atoms with Crippen LogP contribution in [-0.4, -0.2) is 42.0 Å². The van der Waals surface area contributed by atoms with Crippen LogP contribution in [0.3, 0.4) is 0 Å². The topological polar surface area (TPSA) is 30.3 Å². The molecule has 0 aromatic heterocycles. The Morgan fingerprint density at radius 1 is 1.28 bits per heavy atom. The molecule has 2 saturated heterocycles. The average Bonchev–Trinajstić information content (AvgIpc) is 2.86. The highest BCUT2D eigenvalue weighted by Crippen LogP contribution is 2.22. The van der Waals surface area contributed by atoms with Gasteiger partial charge >= 0.3 is 0 Å². The van der Waals surface area contributed by atoms with Crippen LogP contribution >= 0.6 is 0 Å². The Morgan fingerprint density at radius 2 is 2.22 bits per heavy atom. The van der Waals surface area contributed by atoms with E-state index >= 15 is 0 Å². The quantitative estimate of drug-likeness (QED) is 0.791. The largest absolute Gasteiger partial charge is 0.298 e. The van der Waals surface area contributed by atoms with E-state index in [1.54, 1.807) is 0 Å². The Balaban J connectivity index is 1.64. The zero-order valence-corrected chi connectivity index (χ0v) is 10.7. The molecule has 0 bridgehead atoms. The number of nitrogens with zero attached hydrogens (tertiary/aromatic N) is 3. The third-order valence-corrected chi connectivity index (χ3v) is 4.13. The number of fused-ring (bicyclic) bond motifs is 1. The molecule has 0 aliphatic carbocycles. The monoisotopic (exact) mass is 241 g/mol. The van der Waals surface area contributed by atoms with Crippen molar-refractivity contribution in [2.75, 3.05) is 26.2 Å². The summed E-state index contributed by atoms with van der Waals surface area (Å²) in [5.74, 6) is 0. The Labute approximate surface area is 109 Å². The van der Waals surface area contributed by atoms with E-state index in [1.165, 1.54) is 38.0 Å². The first-order valence-electron chi connectivity index (χ1n) is 6.80. The van der Waals surface area contributed by atoms with Gasteiger partial charge in [0.1, 0.15) is 0 Å². The Bertz CT molecular complexity index is 463. The van der Waals surface area contributed by atoms with Crippen LogP contribution in [0.2, 0.25) is 0 Å². The van der Waals surface area contributed by atoms with Crippen molar-refractivity contribution in [1.29, 1.82) is 5.26 Å². The van der Waals surface area contributed by atoms with Crippen molar-refractivity contribution in [3.63, 3.8) is 0 Å². The Kier molecular flexibility index (Phi) is 3.31. The van der Waals surface area contributed by atoms with Crippen LogP contribution in [0.15, 0.2) is 24.3 Å². The number of piperazine rings is 1. The van der Waals surface area contributed by atoms with Crippen molar-refractivity contribution in [2.45, 2.75) is 25.4 Å². The van der Waals surface area contributed by atoms with E-state index in [2.05, 4.69) is 21.9 Å². The normalized spacial score (nSPS) is 24.7. The van der Waals surface area contributed by atoms with Crippen LogP contribution in [0.5, 0.6) is 0 Å². The Morgan fingerprint density at radius 3 is 3.11 bits per heavy atom. The molecule has 2 fully saturated rings. The molecule has 2 heterocycles. The van der Waals surface area contributed by atoms with Gasteiger partial charge in [-0.25, -0.2) is 0 Å². The van der Waals surface area contributed by atoms with Crippen LogP contribution in [0.4, 0.5) is 0 Å². The van der Waals surface area contributed by atoms with Gasteiger partial charge in [-0.15, -0.1) is 0 Å². The lowest BCUT2D eigenvalue weighted by atomic mass is 10.1. The molecule has 0 saturated carbocycles. The molecule has 3 heteroatoms. The third-order valence-electron chi connectivity index (χ3n) is 4.13. The number of rotatable bonds is 2. The van der Waals surface area contributed by atoms with Crippen molar-refractivity contribution >= 4 is 0 Å². The minimum absolute atomic E-state index is 0.770. The van der Waals surface area contributed by atoms with Crippen LogP contribution in [-0.2, 0) is 6.54 Å². The molecule has 1 unspecified atom stereocenters. The van der Waals surface area contributed by atoms with E-state index in [1.807, 2.05) is 18.2 Å². The zero-order chi connectivity index (χ0) is 12.4. The molecule has 0 radical (unpaired) electrons. The minimum atomic E-state index is 0.770. The lowest BCUT2D eigenvalue weighted by Gasteiger charge is -2.37. The van der Waals surface area contributed by atoms with Crippen molar-refractivity contribution < 1.29 is 0 Å². The fourth-order valence-corrected chi connectivity index (χ4v) is 3.20. The highest BCUT2D eigenvalue weighted by Gasteiger charge is 2.30. The molecule has 2 aliphatic heterocycles. The second kappa shape index (κ2) is 5.09. The first-order valence-corrected chi connectivity index (χ1v) is 6.80. The predicted octanol–water partition coefficient (Wildman–Crippen LogP) is 1.84. The molecule has 0 amide bonds. The van der Waals surface area contributed by atoms with Gasteiger partial charge in [-0.3, -0.25) is 9.80 Å². The van der Waals surface area contributed by atoms with Crippen LogP contribution < -0.4 is 0 Å². The third kappa shape index (κ3) is 2.40. The van der Waals surface area contributed by atoms with Crippen molar-refractivity contribution in [2.24, 2.45) is 0 Å². The predicted molar refractivity (Wildman–Crippen MR) is 71.0 cm³/mol. The molecule has 1 aromatic rings. The average molecular weight is 241 g/mol. The van der Waals surface area contributed by atoms with E-state index in [0.29, 0.717) is 0 Å². The first kappa shape index (κ1) is 11.7. The van der Waals surface area contributed by atoms with Crippen molar-refractivity contribution in [3.8, 4) is 6.07 Å². The second-order valence-corrected chi connectivity index (χ2v) is 5.38. The van der Waals surface area contributed by atoms with Crippen LogP contribution in [0, 0.1) is 11.3 Å². The summed E-state index contributed by atoms with van der Waals surface area (Å²) in [6.45, 7) is 5.84. The lowest BCUT2D eigenvalue weighted by molar-refractivity contribution is 0.0994. The first-order chi connectivity index (χ1) is 8.85. The van der Waals surface area contributed by atoms with Gasteiger partial charge in [-0.05, 0) is 37.1 Å². The van der Waals surface area contributed by atoms with Crippen LogP contribution in [0.25, 0.3) is 0 Å². The highest BCUT2D eigenvalue weighted by atomic mass is 15.3. The minimum Gasteiger partial charge on any atom is -0.298 e. The lowest BCUT2D eigenvalue weighted by Crippen LogP contribution is -2.49. The SMILES string of the molecule is N#Cc1cccc(CN2CCN3CCCC3C2)c1. The van der Waals surface area contributed by atoms with E-state index in [9.17, 15) is 0 Å².